The SMILES string of the molecule is CC1=C([P+](=O)[O-])C(c2ccccc2)[C-]=C1c1ccccc1.[Cl-].[Cl-].[Zr+3]. The Morgan fingerprint density at radius 1 is 0.958 bits per heavy atom. The second kappa shape index (κ2) is 10.4. The van der Waals surface area contributed by atoms with E-state index >= 15 is 0 Å². The van der Waals surface area contributed by atoms with Crippen LogP contribution in [0.2, 0.25) is 0 Å². The first-order chi connectivity index (χ1) is 10.2. The molecule has 0 saturated heterocycles. The van der Waals surface area contributed by atoms with Crippen LogP contribution in [0.25, 0.3) is 5.57 Å². The van der Waals surface area contributed by atoms with Crippen LogP contribution in [0.1, 0.15) is 24.0 Å². The molecule has 1 radical (unpaired) electrons. The molecule has 0 bridgehead atoms. The van der Waals surface area contributed by atoms with Gasteiger partial charge >= 0.3 is 34.2 Å². The van der Waals surface area contributed by atoms with Crippen LogP contribution in [0, 0.1) is 6.08 Å². The van der Waals surface area contributed by atoms with E-state index in [1.807, 2.05) is 67.6 Å². The van der Waals surface area contributed by atoms with Crippen molar-refractivity contribution in [3.8, 4) is 0 Å². The molecule has 3 rings (SSSR count). The molecule has 2 aromatic carbocycles. The number of hydrogen-bond acceptors (Lipinski definition) is 2. The first-order valence-electron chi connectivity index (χ1n) is 6.78. The minimum Gasteiger partial charge on any atom is -1.00 e. The first kappa shape index (κ1) is 23.4. The van der Waals surface area contributed by atoms with Crippen LogP contribution in [0.4, 0.5) is 0 Å². The summed E-state index contributed by atoms with van der Waals surface area (Å²) >= 11 is 0. The Kier molecular flexibility index (Phi) is 10.2. The predicted molar refractivity (Wildman–Crippen MR) is 82.6 cm³/mol. The van der Waals surface area contributed by atoms with Gasteiger partial charge in [-0.1, -0.05) is 60.0 Å². The summed E-state index contributed by atoms with van der Waals surface area (Å²) in [5, 5.41) is 0.454. The fourth-order valence-corrected chi connectivity index (χ4v) is 3.51. The predicted octanol–water partition coefficient (Wildman–Crippen LogP) is -1.95. The largest absolute Gasteiger partial charge is 3.00 e. The van der Waals surface area contributed by atoms with E-state index < -0.39 is 8.03 Å². The summed E-state index contributed by atoms with van der Waals surface area (Å²) in [5.74, 6) is -0.303. The molecule has 6 heteroatoms. The van der Waals surface area contributed by atoms with Crippen molar-refractivity contribution in [2.45, 2.75) is 12.8 Å². The second-order valence-electron chi connectivity index (χ2n) is 5.00. The normalized spacial score (nSPS) is 16.3. The summed E-state index contributed by atoms with van der Waals surface area (Å²) in [4.78, 5) is 11.7. The minimum atomic E-state index is -2.62. The maximum absolute atomic E-state index is 11.7. The summed E-state index contributed by atoms with van der Waals surface area (Å²) in [5.41, 5.74) is 3.64. The molecule has 0 aliphatic heterocycles. The molecule has 2 nitrogen and oxygen atoms in total. The summed E-state index contributed by atoms with van der Waals surface area (Å²) in [7, 11) is -2.62. The quantitative estimate of drug-likeness (QED) is 0.399. The molecule has 24 heavy (non-hydrogen) atoms. The number of rotatable bonds is 3. The van der Waals surface area contributed by atoms with E-state index in [9.17, 15) is 9.46 Å². The number of hydrogen-bond donors (Lipinski definition) is 0. The molecule has 0 fully saturated rings. The van der Waals surface area contributed by atoms with Gasteiger partial charge in [0.15, 0.2) is 0 Å². The van der Waals surface area contributed by atoms with Gasteiger partial charge in [0.25, 0.3) is 0 Å². The summed E-state index contributed by atoms with van der Waals surface area (Å²) in [6, 6.07) is 19.5. The molecule has 0 spiro atoms. The molecular weight excluding hydrogens is 441 g/mol. The van der Waals surface area contributed by atoms with Gasteiger partial charge in [-0.25, -0.2) is 0 Å². The fourth-order valence-electron chi connectivity index (χ4n) is 2.70. The van der Waals surface area contributed by atoms with Crippen LogP contribution in [-0.4, -0.2) is 0 Å². The van der Waals surface area contributed by atoms with Gasteiger partial charge in [0.05, 0.1) is 0 Å². The Balaban J connectivity index is 0.00000176. The van der Waals surface area contributed by atoms with Crippen LogP contribution in [0.3, 0.4) is 0 Å². The molecular formula is C18H14Cl2O2PZr. The van der Waals surface area contributed by atoms with Gasteiger partial charge in [0, 0.05) is 5.92 Å². The summed E-state index contributed by atoms with van der Waals surface area (Å²) < 4.78 is 11.7. The van der Waals surface area contributed by atoms with Gasteiger partial charge in [-0.3, -0.25) is 0 Å². The van der Waals surface area contributed by atoms with Crippen molar-refractivity contribution in [2.24, 2.45) is 0 Å². The topological polar surface area (TPSA) is 40.1 Å². The van der Waals surface area contributed by atoms with Gasteiger partial charge in [-0.15, -0.1) is 23.3 Å². The van der Waals surface area contributed by atoms with E-state index in [0.29, 0.717) is 5.31 Å². The second-order valence-corrected chi connectivity index (χ2v) is 5.99. The summed E-state index contributed by atoms with van der Waals surface area (Å²) in [6.45, 7) is 1.86. The third-order valence-electron chi connectivity index (χ3n) is 3.71. The maximum atomic E-state index is 11.7. The van der Waals surface area contributed by atoms with Crippen LogP contribution in [0.5, 0.6) is 0 Å². The van der Waals surface area contributed by atoms with Crippen LogP contribution in [0.15, 0.2) is 71.6 Å². The van der Waals surface area contributed by atoms with Gasteiger partial charge in [0.1, 0.15) is 5.31 Å². The van der Waals surface area contributed by atoms with Crippen molar-refractivity contribution in [1.29, 1.82) is 0 Å². The molecule has 0 heterocycles. The Morgan fingerprint density at radius 3 is 1.96 bits per heavy atom. The Labute approximate surface area is 174 Å². The fraction of sp³-hybridized carbons (Fsp3) is 0.111. The Morgan fingerprint density at radius 2 is 1.46 bits per heavy atom. The summed E-state index contributed by atoms with van der Waals surface area (Å²) in [6.07, 6.45) is 3.36. The zero-order valence-corrected chi connectivity index (χ0v) is 17.7. The zero-order chi connectivity index (χ0) is 14.8. The number of benzene rings is 2. The smallest absolute Gasteiger partial charge is 1.00 e. The molecule has 1 aliphatic rings. The van der Waals surface area contributed by atoms with Crippen molar-refractivity contribution in [2.75, 3.05) is 0 Å². The average Bonchev–Trinajstić information content (AvgIpc) is 2.87. The average molecular weight is 455 g/mol. The first-order valence-corrected chi connectivity index (χ1v) is 7.95. The molecule has 2 unspecified atom stereocenters. The van der Waals surface area contributed by atoms with Gasteiger partial charge in [-0.2, -0.15) is 11.6 Å². The van der Waals surface area contributed by atoms with Crippen LogP contribution in [-0.2, 0) is 30.8 Å². The Hall–Kier alpha value is -0.557. The van der Waals surface area contributed by atoms with Crippen molar-refractivity contribution in [3.63, 3.8) is 0 Å². The number of allylic oxidation sites excluding steroid dienone is 4. The van der Waals surface area contributed by atoms with E-state index in [1.165, 1.54) is 0 Å². The van der Waals surface area contributed by atoms with E-state index in [2.05, 4.69) is 6.08 Å². The molecule has 0 amide bonds. The molecule has 0 saturated carbocycles. The van der Waals surface area contributed by atoms with Crippen molar-refractivity contribution in [3.05, 3.63) is 88.8 Å². The van der Waals surface area contributed by atoms with Crippen molar-refractivity contribution in [1.82, 2.24) is 0 Å². The van der Waals surface area contributed by atoms with E-state index in [0.717, 1.165) is 22.3 Å². The maximum Gasteiger partial charge on any atom is 3.00 e. The monoisotopic (exact) mass is 453 g/mol. The van der Waals surface area contributed by atoms with Gasteiger partial charge < -0.3 is 29.7 Å². The third-order valence-corrected chi connectivity index (χ3v) is 4.70. The van der Waals surface area contributed by atoms with E-state index in [1.54, 1.807) is 0 Å². The molecule has 0 aromatic heterocycles. The third kappa shape index (κ3) is 4.75. The van der Waals surface area contributed by atoms with E-state index in [-0.39, 0.29) is 56.9 Å². The van der Waals surface area contributed by atoms with E-state index in [4.69, 9.17) is 0 Å². The Bertz CT molecular complexity index is 746. The molecule has 2 atom stereocenters. The van der Waals surface area contributed by atoms with Crippen LogP contribution >= 0.6 is 8.03 Å². The van der Waals surface area contributed by atoms with Crippen molar-refractivity contribution < 1.29 is 60.5 Å². The standard InChI is InChI=1S/C18H14O2P.2ClH.Zr/c1-13-16(14-8-4-2-5-9-14)12-17(18(13)21(19)20)15-10-6-3-7-11-15;;;/h2-11,17H,1H3;2*1H;/q-1;;;+3/p-2. The molecule has 2 aromatic rings. The van der Waals surface area contributed by atoms with Gasteiger partial charge in [0.2, 0.25) is 0 Å². The molecule has 1 aliphatic carbocycles. The zero-order valence-electron chi connectivity index (χ0n) is 12.9. The minimum absolute atomic E-state index is 0. The van der Waals surface area contributed by atoms with Crippen LogP contribution < -0.4 is 29.7 Å². The molecule has 0 N–H and O–H groups in total. The van der Waals surface area contributed by atoms with Gasteiger partial charge in [-0.05, 0) is 5.56 Å². The molecule has 121 valence electrons. The van der Waals surface area contributed by atoms with Crippen molar-refractivity contribution >= 4 is 13.6 Å². The number of halogens is 2.